The summed E-state index contributed by atoms with van der Waals surface area (Å²) in [7, 11) is 0. The molecule has 7 heteroatoms. The number of aliphatic hydroxyl groups is 1. The summed E-state index contributed by atoms with van der Waals surface area (Å²) in [5.41, 5.74) is 0.672. The van der Waals surface area contributed by atoms with Gasteiger partial charge in [0, 0.05) is 24.8 Å². The van der Waals surface area contributed by atoms with Crippen LogP contribution < -0.4 is 5.32 Å². The number of likely N-dealkylation sites (tertiary alicyclic amines) is 1. The molecule has 37 heavy (non-hydrogen) atoms. The van der Waals surface area contributed by atoms with Crippen LogP contribution in [0, 0.1) is 23.7 Å². The third-order valence-electron chi connectivity index (χ3n) is 7.64. The van der Waals surface area contributed by atoms with Gasteiger partial charge in [0.05, 0.1) is 18.4 Å². The molecule has 0 unspecified atom stereocenters. The largest absolute Gasteiger partial charge is 0.466 e. The molecule has 0 saturated carbocycles. The van der Waals surface area contributed by atoms with Crippen LogP contribution in [0.25, 0.3) is 10.8 Å². The summed E-state index contributed by atoms with van der Waals surface area (Å²) in [5.74, 6) is -2.48. The monoisotopic (exact) mass is 506 g/mol. The number of nitrogens with zero attached hydrogens (tertiary/aromatic N) is 1. The number of allylic oxidation sites excluding steroid dienone is 1. The normalized spacial score (nSPS) is 24.8. The van der Waals surface area contributed by atoms with E-state index in [2.05, 4.69) is 12.2 Å². The Kier molecular flexibility index (Phi) is 8.98. The number of fused-ring (bicyclic) bond motifs is 2. The zero-order chi connectivity index (χ0) is 26.4. The van der Waals surface area contributed by atoms with Crippen LogP contribution >= 0.6 is 0 Å². The predicted octanol–water partition coefficient (Wildman–Crippen LogP) is 4.55. The molecule has 0 bridgehead atoms. The molecule has 2 aliphatic rings. The Morgan fingerprint density at radius 1 is 1.03 bits per heavy atom. The van der Waals surface area contributed by atoms with Gasteiger partial charge >= 0.3 is 5.97 Å². The minimum Gasteiger partial charge on any atom is -0.466 e. The number of anilines is 1. The first-order valence-corrected chi connectivity index (χ1v) is 13.6. The Labute approximate surface area is 218 Å². The van der Waals surface area contributed by atoms with Gasteiger partial charge < -0.3 is 20.1 Å². The van der Waals surface area contributed by atoms with E-state index in [1.165, 1.54) is 0 Å². The number of hydrogen-bond acceptors (Lipinski definition) is 5. The number of benzene rings is 2. The molecule has 1 heterocycles. The third kappa shape index (κ3) is 5.72. The fraction of sp³-hybridized carbons (Fsp3) is 0.500. The average molecular weight is 507 g/mol. The first kappa shape index (κ1) is 26.9. The highest BCUT2D eigenvalue weighted by Crippen LogP contribution is 2.46. The second kappa shape index (κ2) is 12.4. The number of hydrogen-bond donors (Lipinski definition) is 2. The summed E-state index contributed by atoms with van der Waals surface area (Å²) < 4.78 is 5.42. The molecule has 2 amide bonds. The number of ether oxygens (including phenoxy) is 1. The van der Waals surface area contributed by atoms with Crippen LogP contribution in [-0.4, -0.2) is 53.6 Å². The highest BCUT2D eigenvalue weighted by Gasteiger charge is 2.57. The number of rotatable bonds is 11. The fourth-order valence-corrected chi connectivity index (χ4v) is 5.96. The zero-order valence-electron chi connectivity index (χ0n) is 21.8. The van der Waals surface area contributed by atoms with E-state index in [0.717, 1.165) is 30.0 Å². The summed E-state index contributed by atoms with van der Waals surface area (Å²) in [6.45, 7) is 4.58. The summed E-state index contributed by atoms with van der Waals surface area (Å²) >= 11 is 0. The van der Waals surface area contributed by atoms with E-state index in [9.17, 15) is 19.5 Å². The first-order valence-electron chi connectivity index (χ1n) is 13.6. The Bertz CT molecular complexity index is 1150. The van der Waals surface area contributed by atoms with Gasteiger partial charge in [-0.3, -0.25) is 14.4 Å². The third-order valence-corrected chi connectivity index (χ3v) is 7.64. The standard InChI is InChI=1S/C30H38N2O5/c1-3-10-21-14-16-24-26(25(21)30(36)37-4-2)29(35)32(17-8-5-9-18-33)27(24)28(34)31-23-15-13-20-11-6-7-12-22(20)19-23/h6-7,11-16,19,21,24-27,33H,3-5,8-10,17-18H2,1-2H3,(H,31,34)/t21-,24+,25-,26+,27+/m1/s1. The Morgan fingerprint density at radius 2 is 1.81 bits per heavy atom. The summed E-state index contributed by atoms with van der Waals surface area (Å²) in [5, 5.41) is 14.3. The van der Waals surface area contributed by atoms with Crippen LogP contribution in [0.15, 0.2) is 54.6 Å². The molecule has 1 aliphatic carbocycles. The molecule has 2 aromatic carbocycles. The van der Waals surface area contributed by atoms with Crippen LogP contribution in [0.4, 0.5) is 5.69 Å². The van der Waals surface area contributed by atoms with Crippen LogP contribution in [-0.2, 0) is 19.1 Å². The lowest BCUT2D eigenvalue weighted by molar-refractivity contribution is -0.155. The van der Waals surface area contributed by atoms with Crippen LogP contribution in [0.1, 0.15) is 46.0 Å². The average Bonchev–Trinajstić information content (AvgIpc) is 3.18. The van der Waals surface area contributed by atoms with Crippen molar-refractivity contribution < 1.29 is 24.2 Å². The van der Waals surface area contributed by atoms with Gasteiger partial charge in [-0.25, -0.2) is 0 Å². The highest BCUT2D eigenvalue weighted by molar-refractivity contribution is 6.02. The van der Waals surface area contributed by atoms with Gasteiger partial charge in [0.2, 0.25) is 11.8 Å². The Hall–Kier alpha value is -3.19. The Morgan fingerprint density at radius 3 is 2.54 bits per heavy atom. The van der Waals surface area contributed by atoms with Crippen LogP contribution in [0.3, 0.4) is 0 Å². The van der Waals surface area contributed by atoms with E-state index >= 15 is 0 Å². The van der Waals surface area contributed by atoms with Gasteiger partial charge in [0.1, 0.15) is 6.04 Å². The lowest BCUT2D eigenvalue weighted by Crippen LogP contribution is -2.44. The second-order valence-corrected chi connectivity index (χ2v) is 10.0. The lowest BCUT2D eigenvalue weighted by atomic mass is 9.69. The van der Waals surface area contributed by atoms with E-state index < -0.39 is 23.8 Å². The van der Waals surface area contributed by atoms with Crippen LogP contribution in [0.5, 0.6) is 0 Å². The summed E-state index contributed by atoms with van der Waals surface area (Å²) in [4.78, 5) is 42.4. The molecule has 0 spiro atoms. The molecule has 7 nitrogen and oxygen atoms in total. The van der Waals surface area contributed by atoms with Crippen molar-refractivity contribution in [3.05, 3.63) is 54.6 Å². The van der Waals surface area contributed by atoms with Crippen molar-refractivity contribution in [3.63, 3.8) is 0 Å². The quantitative estimate of drug-likeness (QED) is 0.265. The number of esters is 1. The van der Waals surface area contributed by atoms with E-state index in [1.807, 2.05) is 54.6 Å². The van der Waals surface area contributed by atoms with Crippen molar-refractivity contribution in [2.45, 2.75) is 52.0 Å². The molecule has 1 saturated heterocycles. The minimum atomic E-state index is -0.714. The van der Waals surface area contributed by atoms with Crippen molar-refractivity contribution in [1.82, 2.24) is 4.90 Å². The smallest absolute Gasteiger partial charge is 0.310 e. The highest BCUT2D eigenvalue weighted by atomic mass is 16.5. The minimum absolute atomic E-state index is 0.0900. The van der Waals surface area contributed by atoms with Gasteiger partial charge in [-0.05, 0) is 61.4 Å². The molecule has 0 aromatic heterocycles. The zero-order valence-corrected chi connectivity index (χ0v) is 21.8. The van der Waals surface area contributed by atoms with Crippen molar-refractivity contribution in [2.75, 3.05) is 25.1 Å². The maximum absolute atomic E-state index is 13.9. The second-order valence-electron chi connectivity index (χ2n) is 10.0. The van der Waals surface area contributed by atoms with Gasteiger partial charge in [0.25, 0.3) is 0 Å². The van der Waals surface area contributed by atoms with Gasteiger partial charge in [-0.15, -0.1) is 0 Å². The van der Waals surface area contributed by atoms with Crippen molar-refractivity contribution in [3.8, 4) is 0 Å². The number of unbranched alkanes of at least 4 members (excludes halogenated alkanes) is 2. The van der Waals surface area contributed by atoms with E-state index in [0.29, 0.717) is 25.1 Å². The number of carbonyl (C=O) groups is 3. The topological polar surface area (TPSA) is 95.9 Å². The molecule has 2 aromatic rings. The molecular formula is C30H38N2O5. The van der Waals surface area contributed by atoms with Gasteiger partial charge in [-0.1, -0.05) is 55.8 Å². The number of amides is 2. The summed E-state index contributed by atoms with van der Waals surface area (Å²) in [6.07, 6.45) is 7.74. The molecule has 4 rings (SSSR count). The van der Waals surface area contributed by atoms with E-state index in [1.54, 1.807) is 11.8 Å². The maximum Gasteiger partial charge on any atom is 0.310 e. The SMILES string of the molecule is CCC[C@@H]1C=C[C@H]2[C@H](C(=O)N(CCCCCO)[C@@H]2C(=O)Nc2ccc3ccccc3c2)[C@@H]1C(=O)OCC. The lowest BCUT2D eigenvalue weighted by Gasteiger charge is -2.33. The van der Waals surface area contributed by atoms with Crippen molar-refractivity contribution >= 4 is 34.2 Å². The molecule has 198 valence electrons. The van der Waals surface area contributed by atoms with Gasteiger partial charge in [0.15, 0.2) is 0 Å². The Balaban J connectivity index is 1.65. The molecule has 1 aliphatic heterocycles. The van der Waals surface area contributed by atoms with Crippen LogP contribution in [0.2, 0.25) is 0 Å². The molecule has 5 atom stereocenters. The molecular weight excluding hydrogens is 468 g/mol. The molecule has 1 fully saturated rings. The van der Waals surface area contributed by atoms with Gasteiger partial charge in [-0.2, -0.15) is 0 Å². The van der Waals surface area contributed by atoms with Crippen molar-refractivity contribution in [2.24, 2.45) is 23.7 Å². The van der Waals surface area contributed by atoms with E-state index in [-0.39, 0.29) is 36.9 Å². The summed E-state index contributed by atoms with van der Waals surface area (Å²) in [6, 6.07) is 13.0. The maximum atomic E-state index is 13.9. The van der Waals surface area contributed by atoms with Crippen molar-refractivity contribution in [1.29, 1.82) is 0 Å². The number of aliphatic hydroxyl groups excluding tert-OH is 1. The fourth-order valence-electron chi connectivity index (χ4n) is 5.96. The number of nitrogens with one attached hydrogen (secondary N) is 1. The van der Waals surface area contributed by atoms with E-state index in [4.69, 9.17) is 4.74 Å². The predicted molar refractivity (Wildman–Crippen MR) is 144 cm³/mol. The molecule has 0 radical (unpaired) electrons. The first-order chi connectivity index (χ1) is 18.0. The molecule has 2 N–H and O–H groups in total. The number of carbonyl (C=O) groups excluding carboxylic acids is 3.